The fourth-order valence-electron chi connectivity index (χ4n) is 4.35. The Hall–Kier alpha value is -1.55. The molecule has 2 fully saturated rings. The maximum Gasteiger partial charge on any atom is 0.409 e. The number of nitrogens with zero attached hydrogens (tertiary/aromatic N) is 2. The molecule has 3 rings (SSSR count). The zero-order valence-electron chi connectivity index (χ0n) is 14.3. The molecule has 1 amide bonds. The van der Waals surface area contributed by atoms with Crippen molar-refractivity contribution in [1.82, 2.24) is 9.80 Å². The van der Waals surface area contributed by atoms with Gasteiger partial charge < -0.3 is 14.5 Å². The summed E-state index contributed by atoms with van der Waals surface area (Å²) in [6, 6.07) is 10.9. The molecule has 0 aliphatic carbocycles. The Kier molecular flexibility index (Phi) is 4.90. The molecule has 1 spiro atoms. The summed E-state index contributed by atoms with van der Waals surface area (Å²) in [6.45, 7) is 7.33. The zero-order valence-corrected chi connectivity index (χ0v) is 14.3. The second-order valence-electron chi connectivity index (χ2n) is 7.10. The van der Waals surface area contributed by atoms with Crippen molar-refractivity contribution in [3.05, 3.63) is 35.9 Å². The Morgan fingerprint density at radius 1 is 1.26 bits per heavy atom. The SMILES string of the molecule is CCN1C[C@@H](c2ccccc2)CC2(CCN(C(=O)OC)CC2)C1. The van der Waals surface area contributed by atoms with Crippen LogP contribution in [0.4, 0.5) is 4.79 Å². The lowest BCUT2D eigenvalue weighted by molar-refractivity contribution is 0.0157. The van der Waals surface area contributed by atoms with Gasteiger partial charge in [-0.1, -0.05) is 37.3 Å². The quantitative estimate of drug-likeness (QED) is 0.839. The van der Waals surface area contributed by atoms with Crippen LogP contribution in [-0.2, 0) is 4.74 Å². The van der Waals surface area contributed by atoms with Crippen molar-refractivity contribution >= 4 is 6.09 Å². The standard InChI is InChI=1S/C19H28N2O2/c1-3-20-14-17(16-7-5-4-6-8-16)13-19(15-20)9-11-21(12-10-19)18(22)23-2/h4-8,17H,3,9-15H2,1-2H3/t17-/m0/s1. The lowest BCUT2D eigenvalue weighted by atomic mass is 9.68. The number of likely N-dealkylation sites (tertiary alicyclic amines) is 2. The Balaban J connectivity index is 1.73. The highest BCUT2D eigenvalue weighted by molar-refractivity contribution is 5.67. The van der Waals surface area contributed by atoms with Gasteiger partial charge in [-0.05, 0) is 42.7 Å². The molecule has 4 nitrogen and oxygen atoms in total. The number of rotatable bonds is 2. The highest BCUT2D eigenvalue weighted by Gasteiger charge is 2.42. The van der Waals surface area contributed by atoms with Gasteiger partial charge in [0.05, 0.1) is 7.11 Å². The number of amides is 1. The van der Waals surface area contributed by atoms with Crippen LogP contribution in [0.3, 0.4) is 0 Å². The predicted molar refractivity (Wildman–Crippen MR) is 91.6 cm³/mol. The largest absolute Gasteiger partial charge is 0.453 e. The summed E-state index contributed by atoms with van der Waals surface area (Å²) >= 11 is 0. The summed E-state index contributed by atoms with van der Waals surface area (Å²) in [5.74, 6) is 0.606. The van der Waals surface area contributed by atoms with Crippen LogP contribution in [0.1, 0.15) is 37.7 Å². The summed E-state index contributed by atoms with van der Waals surface area (Å²) in [7, 11) is 1.47. The monoisotopic (exact) mass is 316 g/mol. The normalized spacial score (nSPS) is 24.6. The number of benzene rings is 1. The van der Waals surface area contributed by atoms with E-state index in [1.807, 2.05) is 4.90 Å². The molecule has 0 saturated carbocycles. The molecule has 0 unspecified atom stereocenters. The average molecular weight is 316 g/mol. The first-order valence-corrected chi connectivity index (χ1v) is 8.76. The number of piperidine rings is 2. The van der Waals surface area contributed by atoms with E-state index in [9.17, 15) is 4.79 Å². The van der Waals surface area contributed by atoms with Crippen molar-refractivity contribution in [2.24, 2.45) is 5.41 Å². The van der Waals surface area contributed by atoms with Crippen LogP contribution >= 0.6 is 0 Å². The second kappa shape index (κ2) is 6.91. The minimum atomic E-state index is -0.178. The molecule has 2 heterocycles. The first kappa shape index (κ1) is 16.3. The summed E-state index contributed by atoms with van der Waals surface area (Å²) < 4.78 is 4.87. The Labute approximate surface area is 139 Å². The molecule has 2 aliphatic rings. The first-order chi connectivity index (χ1) is 11.2. The summed E-state index contributed by atoms with van der Waals surface area (Å²) in [5, 5.41) is 0. The van der Waals surface area contributed by atoms with Gasteiger partial charge in [0.15, 0.2) is 0 Å². The van der Waals surface area contributed by atoms with E-state index < -0.39 is 0 Å². The maximum atomic E-state index is 11.7. The van der Waals surface area contributed by atoms with Gasteiger partial charge >= 0.3 is 6.09 Å². The molecule has 2 aliphatic heterocycles. The van der Waals surface area contributed by atoms with Crippen molar-refractivity contribution in [3.8, 4) is 0 Å². The van der Waals surface area contributed by atoms with Crippen molar-refractivity contribution < 1.29 is 9.53 Å². The Morgan fingerprint density at radius 3 is 2.57 bits per heavy atom. The van der Waals surface area contributed by atoms with Crippen LogP contribution in [0.15, 0.2) is 30.3 Å². The number of hydrogen-bond acceptors (Lipinski definition) is 3. The number of hydrogen-bond donors (Lipinski definition) is 0. The van der Waals surface area contributed by atoms with Gasteiger partial charge in [-0.3, -0.25) is 0 Å². The lowest BCUT2D eigenvalue weighted by Gasteiger charge is -2.50. The van der Waals surface area contributed by atoms with E-state index in [4.69, 9.17) is 4.74 Å². The molecular formula is C19H28N2O2. The number of carbonyl (C=O) groups is 1. The minimum absolute atomic E-state index is 0.178. The maximum absolute atomic E-state index is 11.7. The van der Waals surface area contributed by atoms with E-state index in [-0.39, 0.29) is 6.09 Å². The van der Waals surface area contributed by atoms with Crippen LogP contribution in [0.2, 0.25) is 0 Å². The predicted octanol–water partition coefficient (Wildman–Crippen LogP) is 3.34. The third kappa shape index (κ3) is 3.52. The Morgan fingerprint density at radius 2 is 1.96 bits per heavy atom. The molecule has 126 valence electrons. The third-order valence-electron chi connectivity index (χ3n) is 5.69. The van der Waals surface area contributed by atoms with E-state index in [1.54, 1.807) is 0 Å². The molecule has 1 aromatic carbocycles. The summed E-state index contributed by atoms with van der Waals surface area (Å²) in [5.41, 5.74) is 1.81. The first-order valence-electron chi connectivity index (χ1n) is 8.76. The molecule has 0 radical (unpaired) electrons. The highest BCUT2D eigenvalue weighted by Crippen LogP contribution is 2.45. The van der Waals surface area contributed by atoms with Crippen LogP contribution in [0, 0.1) is 5.41 Å². The van der Waals surface area contributed by atoms with Gasteiger partial charge in [-0.15, -0.1) is 0 Å². The molecule has 23 heavy (non-hydrogen) atoms. The smallest absolute Gasteiger partial charge is 0.409 e. The lowest BCUT2D eigenvalue weighted by Crippen LogP contribution is -2.52. The summed E-state index contributed by atoms with van der Waals surface area (Å²) in [4.78, 5) is 16.2. The van der Waals surface area contributed by atoms with Gasteiger partial charge in [0.25, 0.3) is 0 Å². The van der Waals surface area contributed by atoms with E-state index in [0.29, 0.717) is 11.3 Å². The van der Waals surface area contributed by atoms with E-state index in [1.165, 1.54) is 25.6 Å². The van der Waals surface area contributed by atoms with Gasteiger partial charge in [-0.25, -0.2) is 4.79 Å². The topological polar surface area (TPSA) is 32.8 Å². The van der Waals surface area contributed by atoms with E-state index >= 15 is 0 Å². The van der Waals surface area contributed by atoms with Crippen LogP contribution in [-0.4, -0.2) is 55.7 Å². The second-order valence-corrected chi connectivity index (χ2v) is 7.10. The molecule has 2 saturated heterocycles. The van der Waals surface area contributed by atoms with Crippen LogP contribution in [0.5, 0.6) is 0 Å². The molecule has 0 bridgehead atoms. The van der Waals surface area contributed by atoms with Crippen LogP contribution < -0.4 is 0 Å². The molecule has 1 atom stereocenters. The molecule has 1 aromatic rings. The molecular weight excluding hydrogens is 288 g/mol. The third-order valence-corrected chi connectivity index (χ3v) is 5.69. The van der Waals surface area contributed by atoms with Gasteiger partial charge in [0, 0.05) is 26.2 Å². The van der Waals surface area contributed by atoms with Gasteiger partial charge in [0.1, 0.15) is 0 Å². The minimum Gasteiger partial charge on any atom is -0.453 e. The molecule has 0 N–H and O–H groups in total. The fourth-order valence-corrected chi connectivity index (χ4v) is 4.35. The van der Waals surface area contributed by atoms with E-state index in [0.717, 1.165) is 39.0 Å². The highest BCUT2D eigenvalue weighted by atomic mass is 16.5. The number of carbonyl (C=O) groups excluding carboxylic acids is 1. The van der Waals surface area contributed by atoms with Crippen molar-refractivity contribution in [3.63, 3.8) is 0 Å². The molecule has 0 aromatic heterocycles. The number of methoxy groups -OCH3 is 1. The van der Waals surface area contributed by atoms with Crippen molar-refractivity contribution in [2.45, 2.75) is 32.1 Å². The summed E-state index contributed by atoms with van der Waals surface area (Å²) in [6.07, 6.45) is 3.23. The van der Waals surface area contributed by atoms with Gasteiger partial charge in [-0.2, -0.15) is 0 Å². The van der Waals surface area contributed by atoms with Crippen LogP contribution in [0.25, 0.3) is 0 Å². The average Bonchev–Trinajstić information content (AvgIpc) is 2.62. The Bertz CT molecular complexity index is 523. The van der Waals surface area contributed by atoms with Crippen molar-refractivity contribution in [1.29, 1.82) is 0 Å². The van der Waals surface area contributed by atoms with Gasteiger partial charge in [0.2, 0.25) is 0 Å². The number of ether oxygens (including phenoxy) is 1. The zero-order chi connectivity index (χ0) is 16.3. The number of likely N-dealkylation sites (N-methyl/N-ethyl adjacent to an activating group) is 1. The van der Waals surface area contributed by atoms with E-state index in [2.05, 4.69) is 42.2 Å². The van der Waals surface area contributed by atoms with Crippen molar-refractivity contribution in [2.75, 3.05) is 39.8 Å². The fraction of sp³-hybridized carbons (Fsp3) is 0.632. The molecule has 4 heteroatoms.